The second kappa shape index (κ2) is 3.29. The SMILES string of the molecule is O=C(O)C1(Cc2ccc(F)cc2F)CC1. The van der Waals surface area contributed by atoms with Crippen LogP contribution in [-0.4, -0.2) is 11.1 Å². The molecule has 1 aliphatic carbocycles. The van der Waals surface area contributed by atoms with Crippen molar-refractivity contribution in [2.75, 3.05) is 0 Å². The van der Waals surface area contributed by atoms with Crippen LogP contribution in [0.2, 0.25) is 0 Å². The van der Waals surface area contributed by atoms with Crippen LogP contribution >= 0.6 is 0 Å². The summed E-state index contributed by atoms with van der Waals surface area (Å²) in [6.07, 6.45) is 1.28. The normalized spacial score (nSPS) is 17.5. The number of aliphatic carboxylic acids is 1. The molecular weight excluding hydrogens is 202 g/mol. The van der Waals surface area contributed by atoms with E-state index < -0.39 is 23.0 Å². The minimum absolute atomic E-state index is 0.147. The van der Waals surface area contributed by atoms with Crippen molar-refractivity contribution in [3.05, 3.63) is 35.4 Å². The van der Waals surface area contributed by atoms with Crippen LogP contribution in [0.15, 0.2) is 18.2 Å². The molecule has 0 aromatic heterocycles. The minimum atomic E-state index is -0.897. The van der Waals surface area contributed by atoms with Crippen molar-refractivity contribution in [3.8, 4) is 0 Å². The molecular formula is C11H10F2O2. The zero-order chi connectivity index (χ0) is 11.1. The molecule has 4 heteroatoms. The molecule has 0 radical (unpaired) electrons. The van der Waals surface area contributed by atoms with Crippen molar-refractivity contribution in [2.45, 2.75) is 19.3 Å². The van der Waals surface area contributed by atoms with Crippen LogP contribution in [0.5, 0.6) is 0 Å². The third kappa shape index (κ3) is 1.84. The summed E-state index contributed by atoms with van der Waals surface area (Å²) in [4.78, 5) is 10.9. The molecule has 0 atom stereocenters. The quantitative estimate of drug-likeness (QED) is 0.835. The van der Waals surface area contributed by atoms with Crippen LogP contribution in [0.25, 0.3) is 0 Å². The summed E-state index contributed by atoms with van der Waals surface area (Å²) in [6, 6.07) is 3.25. The van der Waals surface area contributed by atoms with Crippen LogP contribution < -0.4 is 0 Å². The van der Waals surface area contributed by atoms with Gasteiger partial charge in [0.25, 0.3) is 0 Å². The van der Waals surface area contributed by atoms with Crippen molar-refractivity contribution >= 4 is 5.97 Å². The summed E-state index contributed by atoms with van der Waals surface area (Å²) in [5.41, 5.74) is -0.533. The minimum Gasteiger partial charge on any atom is -0.481 e. The van der Waals surface area contributed by atoms with Gasteiger partial charge in [-0.3, -0.25) is 4.79 Å². The maximum atomic E-state index is 13.2. The number of carboxylic acid groups (broad SMARTS) is 1. The van der Waals surface area contributed by atoms with E-state index in [4.69, 9.17) is 5.11 Å². The summed E-state index contributed by atoms with van der Waals surface area (Å²) in [5.74, 6) is -2.20. The number of carbonyl (C=O) groups is 1. The number of rotatable bonds is 3. The molecule has 2 rings (SSSR count). The molecule has 0 saturated heterocycles. The Balaban J connectivity index is 2.21. The largest absolute Gasteiger partial charge is 0.481 e. The monoisotopic (exact) mass is 212 g/mol. The average Bonchev–Trinajstić information content (AvgIpc) is 2.91. The molecule has 0 unspecified atom stereocenters. The van der Waals surface area contributed by atoms with E-state index in [1.54, 1.807) is 0 Å². The molecule has 0 bridgehead atoms. The van der Waals surface area contributed by atoms with Crippen LogP contribution in [0.1, 0.15) is 18.4 Å². The van der Waals surface area contributed by atoms with Crippen LogP contribution in [0, 0.1) is 17.0 Å². The summed E-state index contributed by atoms with van der Waals surface area (Å²) in [5, 5.41) is 8.91. The van der Waals surface area contributed by atoms with E-state index in [9.17, 15) is 13.6 Å². The van der Waals surface area contributed by atoms with Gasteiger partial charge >= 0.3 is 5.97 Å². The predicted octanol–water partition coefficient (Wildman–Crippen LogP) is 2.37. The first-order valence-electron chi connectivity index (χ1n) is 4.71. The average molecular weight is 212 g/mol. The Morgan fingerprint density at radius 3 is 2.53 bits per heavy atom. The van der Waals surface area contributed by atoms with E-state index >= 15 is 0 Å². The molecule has 1 saturated carbocycles. The van der Waals surface area contributed by atoms with E-state index in [2.05, 4.69) is 0 Å². The lowest BCUT2D eigenvalue weighted by molar-refractivity contribution is -0.143. The van der Waals surface area contributed by atoms with E-state index in [-0.39, 0.29) is 12.0 Å². The van der Waals surface area contributed by atoms with Crippen molar-refractivity contribution in [2.24, 2.45) is 5.41 Å². The molecule has 1 N–H and O–H groups in total. The zero-order valence-electron chi connectivity index (χ0n) is 7.96. The van der Waals surface area contributed by atoms with E-state index in [1.165, 1.54) is 6.07 Å². The lowest BCUT2D eigenvalue weighted by atomic mass is 9.96. The highest BCUT2D eigenvalue weighted by Crippen LogP contribution is 2.48. The molecule has 0 heterocycles. The highest BCUT2D eigenvalue weighted by Gasteiger charge is 2.50. The highest BCUT2D eigenvalue weighted by atomic mass is 19.1. The fourth-order valence-electron chi connectivity index (χ4n) is 1.65. The first-order chi connectivity index (χ1) is 7.03. The second-order valence-electron chi connectivity index (χ2n) is 4.00. The topological polar surface area (TPSA) is 37.3 Å². The molecule has 2 nitrogen and oxygen atoms in total. The zero-order valence-corrected chi connectivity index (χ0v) is 7.96. The molecule has 1 aromatic rings. The number of benzene rings is 1. The molecule has 1 aromatic carbocycles. The van der Waals surface area contributed by atoms with Crippen molar-refractivity contribution in [1.29, 1.82) is 0 Å². The standard InChI is InChI=1S/C11H10F2O2/c12-8-2-1-7(9(13)5-8)6-11(3-4-11)10(14)15/h1-2,5H,3-4,6H2,(H,14,15). The first-order valence-corrected chi connectivity index (χ1v) is 4.71. The van der Waals surface area contributed by atoms with Gasteiger partial charge in [-0.2, -0.15) is 0 Å². The Labute approximate surface area is 85.5 Å². The molecule has 1 fully saturated rings. The van der Waals surface area contributed by atoms with Crippen molar-refractivity contribution in [1.82, 2.24) is 0 Å². The Hall–Kier alpha value is -1.45. The van der Waals surface area contributed by atoms with E-state index in [0.29, 0.717) is 12.8 Å². The second-order valence-corrected chi connectivity index (χ2v) is 4.00. The van der Waals surface area contributed by atoms with Gasteiger partial charge in [-0.05, 0) is 30.9 Å². The maximum absolute atomic E-state index is 13.2. The Kier molecular flexibility index (Phi) is 2.21. The van der Waals surface area contributed by atoms with Crippen LogP contribution in [0.3, 0.4) is 0 Å². The molecule has 0 aliphatic heterocycles. The fraction of sp³-hybridized carbons (Fsp3) is 0.364. The predicted molar refractivity (Wildman–Crippen MR) is 49.4 cm³/mol. The summed E-state index contributed by atoms with van der Waals surface area (Å²) in [6.45, 7) is 0. The van der Waals surface area contributed by atoms with Crippen LogP contribution in [0.4, 0.5) is 8.78 Å². The van der Waals surface area contributed by atoms with Gasteiger partial charge in [-0.25, -0.2) is 8.78 Å². The summed E-state index contributed by atoms with van der Waals surface area (Å²) in [7, 11) is 0. The summed E-state index contributed by atoms with van der Waals surface area (Å²) >= 11 is 0. The maximum Gasteiger partial charge on any atom is 0.309 e. The van der Waals surface area contributed by atoms with Gasteiger partial charge in [0.2, 0.25) is 0 Å². The summed E-state index contributed by atoms with van der Waals surface area (Å²) < 4.78 is 25.8. The van der Waals surface area contributed by atoms with Gasteiger partial charge in [0.15, 0.2) is 0 Å². The third-order valence-electron chi connectivity index (χ3n) is 2.85. The lowest BCUT2D eigenvalue weighted by Gasteiger charge is -2.10. The number of carboxylic acids is 1. The van der Waals surface area contributed by atoms with Crippen molar-refractivity contribution < 1.29 is 18.7 Å². The van der Waals surface area contributed by atoms with E-state index in [1.807, 2.05) is 0 Å². The van der Waals surface area contributed by atoms with Crippen LogP contribution in [-0.2, 0) is 11.2 Å². The van der Waals surface area contributed by atoms with Crippen molar-refractivity contribution in [3.63, 3.8) is 0 Å². The lowest BCUT2D eigenvalue weighted by Crippen LogP contribution is -2.18. The fourth-order valence-corrected chi connectivity index (χ4v) is 1.65. The molecule has 1 aliphatic rings. The third-order valence-corrected chi connectivity index (χ3v) is 2.85. The van der Waals surface area contributed by atoms with Gasteiger partial charge in [0, 0.05) is 6.07 Å². The molecule has 80 valence electrons. The van der Waals surface area contributed by atoms with Gasteiger partial charge in [-0.1, -0.05) is 6.07 Å². The van der Waals surface area contributed by atoms with Gasteiger partial charge in [0.1, 0.15) is 11.6 Å². The number of hydrogen-bond donors (Lipinski definition) is 1. The van der Waals surface area contributed by atoms with Gasteiger partial charge in [0.05, 0.1) is 5.41 Å². The molecule has 0 amide bonds. The Morgan fingerprint density at radius 1 is 1.40 bits per heavy atom. The van der Waals surface area contributed by atoms with E-state index in [0.717, 1.165) is 12.1 Å². The molecule has 15 heavy (non-hydrogen) atoms. The smallest absolute Gasteiger partial charge is 0.309 e. The highest BCUT2D eigenvalue weighted by molar-refractivity contribution is 5.78. The number of halogens is 2. The molecule has 0 spiro atoms. The van der Waals surface area contributed by atoms with Gasteiger partial charge in [-0.15, -0.1) is 0 Å². The Bertz CT molecular complexity index is 411. The Morgan fingerprint density at radius 2 is 2.07 bits per heavy atom. The van der Waals surface area contributed by atoms with Gasteiger partial charge < -0.3 is 5.11 Å². The first kappa shape index (κ1) is 10.1. The number of hydrogen-bond acceptors (Lipinski definition) is 1.